The van der Waals surface area contributed by atoms with Gasteiger partial charge < -0.3 is 26.5 Å². The number of hydrogen-bond donors (Lipinski definition) is 4. The third-order valence-corrected chi connectivity index (χ3v) is 4.43. The molecule has 1 atom stereocenters. The summed E-state index contributed by atoms with van der Waals surface area (Å²) in [5.74, 6) is -1.78. The van der Waals surface area contributed by atoms with Crippen LogP contribution in [0.15, 0.2) is 52.4 Å². The molecule has 6 N–H and O–H groups in total. The number of nitrogens with zero attached hydrogens (tertiary/aromatic N) is 2. The van der Waals surface area contributed by atoms with Crippen molar-refractivity contribution in [3.8, 4) is 0 Å². The molecule has 0 aliphatic carbocycles. The Morgan fingerprint density at radius 2 is 1.93 bits per heavy atom. The van der Waals surface area contributed by atoms with Crippen LogP contribution in [0.3, 0.4) is 0 Å². The molecule has 0 radical (unpaired) electrons. The molecule has 1 unspecified atom stereocenters. The highest BCUT2D eigenvalue weighted by atomic mass is 16.4. The van der Waals surface area contributed by atoms with E-state index in [1.165, 1.54) is 4.57 Å². The summed E-state index contributed by atoms with van der Waals surface area (Å²) in [5, 5.41) is 11.8. The number of amides is 1. The van der Waals surface area contributed by atoms with E-state index in [4.69, 9.17) is 11.5 Å². The lowest BCUT2D eigenvalue weighted by molar-refractivity contribution is -0.142. The highest BCUT2D eigenvalue weighted by Gasteiger charge is 2.20. The molecule has 1 aromatic carbocycles. The largest absolute Gasteiger partial charge is 0.480 e. The van der Waals surface area contributed by atoms with E-state index >= 15 is 0 Å². The van der Waals surface area contributed by atoms with Crippen molar-refractivity contribution in [3.63, 3.8) is 0 Å². The van der Waals surface area contributed by atoms with Crippen molar-refractivity contribution in [2.75, 3.05) is 6.54 Å². The number of carboxylic acid groups (broad SMARTS) is 1. The summed E-state index contributed by atoms with van der Waals surface area (Å²) >= 11 is 0. The normalized spacial score (nSPS) is 11.5. The van der Waals surface area contributed by atoms with Crippen molar-refractivity contribution < 1.29 is 14.7 Å². The number of carbonyl (C=O) groups excluding carboxylic acids is 1. The second-order valence-corrected chi connectivity index (χ2v) is 7.05. The molecule has 160 valence electrons. The fraction of sp³-hybridized carbons (Fsp3) is 0.333. The zero-order valence-corrected chi connectivity index (χ0v) is 16.9. The summed E-state index contributed by atoms with van der Waals surface area (Å²) in [6.45, 7) is 1.84. The Morgan fingerprint density at radius 1 is 1.23 bits per heavy atom. The van der Waals surface area contributed by atoms with Gasteiger partial charge in [-0.3, -0.25) is 14.6 Å². The van der Waals surface area contributed by atoms with Gasteiger partial charge >= 0.3 is 5.97 Å². The van der Waals surface area contributed by atoms with Gasteiger partial charge in [0.1, 0.15) is 12.6 Å². The van der Waals surface area contributed by atoms with E-state index in [1.807, 2.05) is 37.3 Å². The molecule has 1 heterocycles. The SMILES string of the molecule is Cc1cc(Cc2ccccc2)c(=O)n(CC(=O)NC(CCCN=C(N)N)C(=O)O)c1. The van der Waals surface area contributed by atoms with Crippen molar-refractivity contribution in [2.24, 2.45) is 16.5 Å². The van der Waals surface area contributed by atoms with Crippen molar-refractivity contribution >= 4 is 17.8 Å². The minimum absolute atomic E-state index is 0.0731. The number of aryl methyl sites for hydroxylation is 1. The summed E-state index contributed by atoms with van der Waals surface area (Å²) in [5.41, 5.74) is 12.6. The van der Waals surface area contributed by atoms with Gasteiger partial charge in [-0.1, -0.05) is 30.3 Å². The number of guanidine groups is 1. The van der Waals surface area contributed by atoms with Crippen LogP contribution < -0.4 is 22.3 Å². The summed E-state index contributed by atoms with van der Waals surface area (Å²) in [7, 11) is 0. The second-order valence-electron chi connectivity index (χ2n) is 7.05. The van der Waals surface area contributed by atoms with Gasteiger partial charge in [0.2, 0.25) is 5.91 Å². The number of benzene rings is 1. The Hall–Kier alpha value is -3.62. The van der Waals surface area contributed by atoms with Crippen molar-refractivity contribution in [3.05, 3.63) is 69.6 Å². The Morgan fingerprint density at radius 3 is 2.57 bits per heavy atom. The summed E-state index contributed by atoms with van der Waals surface area (Å²) < 4.78 is 1.31. The average molecular weight is 413 g/mol. The van der Waals surface area contributed by atoms with Crippen LogP contribution in [0.4, 0.5) is 0 Å². The Bertz CT molecular complexity index is 965. The maximum absolute atomic E-state index is 12.8. The third kappa shape index (κ3) is 7.08. The Kier molecular flexibility index (Phi) is 8.16. The van der Waals surface area contributed by atoms with Gasteiger partial charge in [-0.25, -0.2) is 4.79 Å². The van der Waals surface area contributed by atoms with E-state index in [0.717, 1.165) is 11.1 Å². The quantitative estimate of drug-likeness (QED) is 0.251. The van der Waals surface area contributed by atoms with E-state index in [2.05, 4.69) is 10.3 Å². The number of rotatable bonds is 10. The minimum Gasteiger partial charge on any atom is -0.480 e. The Balaban J connectivity index is 2.07. The number of nitrogens with one attached hydrogen (secondary N) is 1. The number of pyridine rings is 1. The zero-order chi connectivity index (χ0) is 22.1. The molecule has 0 fully saturated rings. The van der Waals surface area contributed by atoms with Gasteiger partial charge in [0, 0.05) is 24.7 Å². The number of carbonyl (C=O) groups is 2. The first-order valence-corrected chi connectivity index (χ1v) is 9.57. The van der Waals surface area contributed by atoms with E-state index in [0.29, 0.717) is 18.4 Å². The van der Waals surface area contributed by atoms with Gasteiger partial charge in [-0.2, -0.15) is 0 Å². The smallest absolute Gasteiger partial charge is 0.326 e. The van der Waals surface area contributed by atoms with E-state index < -0.39 is 17.9 Å². The molecule has 2 aromatic rings. The monoisotopic (exact) mass is 413 g/mol. The number of aliphatic carboxylic acids is 1. The molecule has 2 rings (SSSR count). The molecular weight excluding hydrogens is 386 g/mol. The number of aromatic nitrogens is 1. The highest BCUT2D eigenvalue weighted by Crippen LogP contribution is 2.08. The van der Waals surface area contributed by atoms with Crippen LogP contribution in [0, 0.1) is 6.92 Å². The number of aliphatic imine (C=N–C) groups is 1. The Labute approximate surface area is 174 Å². The first-order chi connectivity index (χ1) is 14.3. The first-order valence-electron chi connectivity index (χ1n) is 9.57. The lowest BCUT2D eigenvalue weighted by atomic mass is 10.1. The van der Waals surface area contributed by atoms with Crippen LogP contribution in [0.1, 0.15) is 29.5 Å². The van der Waals surface area contributed by atoms with E-state index in [9.17, 15) is 19.5 Å². The van der Waals surface area contributed by atoms with Gasteiger partial charge in [0.25, 0.3) is 5.56 Å². The fourth-order valence-corrected chi connectivity index (χ4v) is 3.08. The van der Waals surface area contributed by atoms with Gasteiger partial charge in [-0.15, -0.1) is 0 Å². The molecule has 30 heavy (non-hydrogen) atoms. The summed E-state index contributed by atoms with van der Waals surface area (Å²) in [6, 6.07) is 10.3. The number of hydrogen-bond acceptors (Lipinski definition) is 4. The molecule has 0 aliphatic heterocycles. The van der Waals surface area contributed by atoms with Crippen LogP contribution in [0.5, 0.6) is 0 Å². The molecule has 1 amide bonds. The van der Waals surface area contributed by atoms with E-state index in [-0.39, 0.29) is 31.0 Å². The first kappa shape index (κ1) is 22.7. The van der Waals surface area contributed by atoms with Gasteiger partial charge in [-0.05, 0) is 37.0 Å². The minimum atomic E-state index is -1.16. The zero-order valence-electron chi connectivity index (χ0n) is 16.9. The lowest BCUT2D eigenvalue weighted by Crippen LogP contribution is -2.43. The molecule has 9 heteroatoms. The average Bonchev–Trinajstić information content (AvgIpc) is 2.68. The summed E-state index contributed by atoms with van der Waals surface area (Å²) in [4.78, 5) is 40.4. The molecular formula is C21H27N5O4. The van der Waals surface area contributed by atoms with Crippen LogP contribution in [0.25, 0.3) is 0 Å². The number of carboxylic acids is 1. The molecule has 0 bridgehead atoms. The molecule has 9 nitrogen and oxygen atoms in total. The molecule has 0 saturated carbocycles. The van der Waals surface area contributed by atoms with Crippen LogP contribution >= 0.6 is 0 Å². The van der Waals surface area contributed by atoms with Gasteiger partial charge in [0.15, 0.2) is 5.96 Å². The standard InChI is InChI=1S/C21H27N5O4/c1-14-10-16(11-15-6-3-2-4-7-15)19(28)26(12-14)13-18(27)25-17(20(29)30)8-5-9-24-21(22)23/h2-4,6-7,10,12,17H,5,8-9,11,13H2,1H3,(H,25,27)(H,29,30)(H4,22,23,24). The molecule has 0 saturated heterocycles. The van der Waals surface area contributed by atoms with Crippen molar-refractivity contribution in [1.29, 1.82) is 0 Å². The molecule has 1 aromatic heterocycles. The number of nitrogens with two attached hydrogens (primary N) is 2. The molecule has 0 spiro atoms. The maximum atomic E-state index is 12.8. The van der Waals surface area contributed by atoms with Crippen LogP contribution in [-0.4, -0.2) is 40.1 Å². The maximum Gasteiger partial charge on any atom is 0.326 e. The lowest BCUT2D eigenvalue weighted by Gasteiger charge is -2.15. The summed E-state index contributed by atoms with van der Waals surface area (Å²) in [6.07, 6.45) is 2.59. The third-order valence-electron chi connectivity index (χ3n) is 4.43. The van der Waals surface area contributed by atoms with Crippen LogP contribution in [-0.2, 0) is 22.6 Å². The highest BCUT2D eigenvalue weighted by molar-refractivity contribution is 5.83. The van der Waals surface area contributed by atoms with Crippen molar-refractivity contribution in [2.45, 2.75) is 38.8 Å². The van der Waals surface area contributed by atoms with Gasteiger partial charge in [0.05, 0.1) is 0 Å². The second kappa shape index (κ2) is 10.8. The topological polar surface area (TPSA) is 153 Å². The fourth-order valence-electron chi connectivity index (χ4n) is 3.08. The van der Waals surface area contributed by atoms with Crippen molar-refractivity contribution in [1.82, 2.24) is 9.88 Å². The predicted octanol–water partition coefficient (Wildman–Crippen LogP) is 0.371. The molecule has 0 aliphatic rings. The van der Waals surface area contributed by atoms with Crippen LogP contribution in [0.2, 0.25) is 0 Å². The van der Waals surface area contributed by atoms with E-state index in [1.54, 1.807) is 12.3 Å². The predicted molar refractivity (Wildman–Crippen MR) is 114 cm³/mol.